The molecule has 0 bridgehead atoms. The molecule has 8 amide bonds. The molecule has 4 unspecified atom stereocenters. The Labute approximate surface area is 546 Å². The summed E-state index contributed by atoms with van der Waals surface area (Å²) in [5, 5.41) is 30.1. The normalized spacial score (nSPS) is 15.6. The lowest BCUT2D eigenvalue weighted by Gasteiger charge is -2.17. The zero-order valence-electron chi connectivity index (χ0n) is 53.0. The molecule has 2 aliphatic heterocycles. The van der Waals surface area contributed by atoms with Crippen LogP contribution in [0.3, 0.4) is 0 Å². The maximum Gasteiger partial charge on any atom is 0.533 e. The van der Waals surface area contributed by atoms with Crippen LogP contribution in [0.15, 0.2) is 72.8 Å². The van der Waals surface area contributed by atoms with E-state index in [9.17, 15) is 56.4 Å². The Kier molecular flexibility index (Phi) is 29.5. The van der Waals surface area contributed by atoms with Crippen molar-refractivity contribution in [2.24, 2.45) is 0 Å². The van der Waals surface area contributed by atoms with E-state index in [1.807, 2.05) is 24.3 Å². The van der Waals surface area contributed by atoms with Crippen LogP contribution in [0.5, 0.6) is 0 Å². The van der Waals surface area contributed by atoms with Gasteiger partial charge in [-0.1, -0.05) is 34.4 Å². The number of carbonyl (C=O) groups excluding carboxylic acids is 10. The van der Waals surface area contributed by atoms with Crippen LogP contribution in [0.25, 0.3) is 22.3 Å². The molecule has 0 saturated carbocycles. The number of ether oxygens (including phenoxy) is 8. The maximum atomic E-state index is 12.5. The molecule has 4 aliphatic rings. The van der Waals surface area contributed by atoms with Crippen LogP contribution in [-0.2, 0) is 96.0 Å². The highest BCUT2D eigenvalue weighted by atomic mass is 32.2. The molecule has 4 aromatic rings. The van der Waals surface area contributed by atoms with Crippen LogP contribution in [-0.4, -0.2) is 205 Å². The van der Waals surface area contributed by atoms with Gasteiger partial charge in [-0.2, -0.15) is 8.42 Å². The fourth-order valence-electron chi connectivity index (χ4n) is 9.91. The third-order valence-corrected chi connectivity index (χ3v) is 14.3. The molecule has 2 saturated heterocycles. The summed E-state index contributed by atoms with van der Waals surface area (Å²) in [5.41, 5.74) is 8.15. The summed E-state index contributed by atoms with van der Waals surface area (Å²) in [6.07, 6.45) is -0.408. The molecule has 32 heteroatoms. The Morgan fingerprint density at radius 1 is 0.495 bits per heavy atom. The van der Waals surface area contributed by atoms with Crippen LogP contribution in [0.2, 0.25) is 0 Å². The zero-order valence-corrected chi connectivity index (χ0v) is 53.8. The van der Waals surface area contributed by atoms with Crippen LogP contribution in [0, 0.1) is 0 Å². The highest BCUT2D eigenvalue weighted by Gasteiger charge is 2.37. The van der Waals surface area contributed by atoms with Crippen molar-refractivity contribution in [2.75, 3.05) is 121 Å². The van der Waals surface area contributed by atoms with Crippen molar-refractivity contribution in [2.45, 2.75) is 89.3 Å². The fraction of sp³-hybridized carbons (Fsp3) is 0.460. The molecule has 7 N–H and O–H groups in total. The van der Waals surface area contributed by atoms with Crippen molar-refractivity contribution in [3.63, 3.8) is 0 Å². The zero-order chi connectivity index (χ0) is 69.2. The minimum Gasteiger partial charge on any atom is -0.432 e. The first-order valence-electron chi connectivity index (χ1n) is 30.1. The number of nitrogens with zero attached hydrogens (tertiary/aromatic N) is 2. The second-order valence-electron chi connectivity index (χ2n) is 21.8. The Balaban J connectivity index is 0.000000281. The van der Waals surface area contributed by atoms with Gasteiger partial charge in [0.2, 0.25) is 23.6 Å². The number of aliphatic hydroxyl groups is 2. The minimum absolute atomic E-state index is 0.0517. The Morgan fingerprint density at radius 3 is 1.05 bits per heavy atom. The van der Waals surface area contributed by atoms with Gasteiger partial charge in [0.05, 0.1) is 18.5 Å². The van der Waals surface area contributed by atoms with Crippen molar-refractivity contribution in [3.05, 3.63) is 95.1 Å². The predicted molar refractivity (Wildman–Crippen MR) is 335 cm³/mol. The first-order valence-corrected chi connectivity index (χ1v) is 31.9. The summed E-state index contributed by atoms with van der Waals surface area (Å²) in [6, 6.07) is 21.3. The quantitative estimate of drug-likeness (QED) is 0.0147. The molecule has 0 spiro atoms. The number of carbonyl (C=O) groups is 10. The number of nitrogens with one attached hydrogen (secondary N) is 4. The molecule has 31 nitrogen and oxygen atoms in total. The molecule has 0 radical (unpaired) electrons. The van der Waals surface area contributed by atoms with Gasteiger partial charge >= 0.3 is 12.3 Å². The van der Waals surface area contributed by atoms with Gasteiger partial charge in [-0.25, -0.2) is 9.59 Å². The lowest BCUT2D eigenvalue weighted by Crippen LogP contribution is -2.32. The van der Waals surface area contributed by atoms with Crippen LogP contribution < -0.4 is 21.3 Å². The third kappa shape index (κ3) is 23.8. The highest BCUT2D eigenvalue weighted by Crippen LogP contribution is 2.48. The monoisotopic (exact) mass is 1350 g/mol. The molecule has 2 heterocycles. The molecule has 2 aliphatic carbocycles. The second kappa shape index (κ2) is 37.3. The standard InChI is InChI=1S/2C31H37N3O11.CH4O3S/c2*1-19(10-11-35)43-18-28(37)33-21-5-7-23-22-6-4-20(32-27(36)17-42-13-3-12-41-2)14-24(22)26(25(23)15-21)16-44-31(40)45-34-29(38)8-9-30(34)39;1-5(2,3)4/h2*4-7,14-15,19,26,35H,3,8-13,16-18H2,1-2H3,(H,32,36)(H,33,37);1H3,(H,2,3,4). The van der Waals surface area contributed by atoms with E-state index < -0.39 is 57.9 Å². The number of hydrogen-bond acceptors (Lipinski definition) is 24. The predicted octanol–water partition coefficient (Wildman–Crippen LogP) is 4.97. The van der Waals surface area contributed by atoms with Gasteiger partial charge in [0.25, 0.3) is 33.7 Å². The number of fused-ring (bicyclic) bond motifs is 6. The van der Waals surface area contributed by atoms with Crippen molar-refractivity contribution < 1.29 is 119 Å². The number of amides is 8. The van der Waals surface area contributed by atoms with Gasteiger partial charge in [-0.15, -0.1) is 0 Å². The first kappa shape index (κ1) is 75.2. The number of imide groups is 2. The number of benzene rings is 4. The summed E-state index contributed by atoms with van der Waals surface area (Å²) in [4.78, 5) is 132. The molecule has 516 valence electrons. The van der Waals surface area contributed by atoms with Crippen molar-refractivity contribution in [1.29, 1.82) is 0 Å². The largest absolute Gasteiger partial charge is 0.533 e. The lowest BCUT2D eigenvalue weighted by atomic mass is 9.97. The van der Waals surface area contributed by atoms with Gasteiger partial charge in [0.15, 0.2) is 0 Å². The highest BCUT2D eigenvalue weighted by molar-refractivity contribution is 7.85. The van der Waals surface area contributed by atoms with Gasteiger partial charge in [0, 0.05) is 114 Å². The molecule has 4 aromatic carbocycles. The van der Waals surface area contributed by atoms with Gasteiger partial charge in [0.1, 0.15) is 39.6 Å². The average molecular weight is 1350 g/mol. The maximum absolute atomic E-state index is 12.5. The van der Waals surface area contributed by atoms with E-state index in [-0.39, 0.29) is 114 Å². The van der Waals surface area contributed by atoms with E-state index >= 15 is 0 Å². The Morgan fingerprint density at radius 2 is 0.779 bits per heavy atom. The number of hydroxylamine groups is 4. The van der Waals surface area contributed by atoms with Crippen LogP contribution in [0.4, 0.5) is 32.3 Å². The molecule has 8 rings (SSSR count). The SMILES string of the molecule is COCCCOCC(=O)Nc1ccc2c(c1)C(COC(=O)ON1C(=O)CCC1=O)c1cc(NC(=O)COC(C)CCO)ccc1-2.COCCCOCC(=O)Nc1ccc2c(c1)C(COC(=O)ON1C(=O)CCC1=O)c1cc(NC(=O)COC(C)CCO)ccc1-2.CS(=O)(=O)O. The number of anilines is 4. The van der Waals surface area contributed by atoms with E-state index in [1.165, 1.54) is 0 Å². The second-order valence-corrected chi connectivity index (χ2v) is 23.2. The van der Waals surface area contributed by atoms with Gasteiger partial charge in [-0.3, -0.25) is 52.6 Å². The number of aliphatic hydroxyl groups excluding tert-OH is 2. The number of methoxy groups -OCH3 is 2. The summed E-state index contributed by atoms with van der Waals surface area (Å²) in [6.45, 7) is 4.06. The molecular formula is C63H78N6O25S. The van der Waals surface area contributed by atoms with Crippen molar-refractivity contribution in [3.8, 4) is 22.3 Å². The summed E-state index contributed by atoms with van der Waals surface area (Å²) in [7, 11) is -0.491. The molecule has 2 fully saturated rings. The molecule has 95 heavy (non-hydrogen) atoms. The Hall–Kier alpha value is -8.83. The molecule has 0 aromatic heterocycles. The van der Waals surface area contributed by atoms with E-state index in [4.69, 9.17) is 62.3 Å². The minimum atomic E-state index is -3.67. The van der Waals surface area contributed by atoms with Crippen molar-refractivity contribution >= 4 is 92.4 Å². The van der Waals surface area contributed by atoms with Gasteiger partial charge in [-0.05, 0) is 133 Å². The topological polar surface area (TPSA) is 412 Å². The molecular weight excluding hydrogens is 1270 g/mol. The fourth-order valence-corrected chi connectivity index (χ4v) is 9.91. The Bertz CT molecular complexity index is 3260. The smallest absolute Gasteiger partial charge is 0.432 e. The van der Waals surface area contributed by atoms with E-state index in [0.29, 0.717) is 91.2 Å². The van der Waals surface area contributed by atoms with Crippen molar-refractivity contribution in [1.82, 2.24) is 10.1 Å². The van der Waals surface area contributed by atoms with E-state index in [1.54, 1.807) is 76.6 Å². The molecule has 4 atom stereocenters. The summed E-state index contributed by atoms with van der Waals surface area (Å²) < 4.78 is 68.2. The van der Waals surface area contributed by atoms with Crippen LogP contribution in [0.1, 0.15) is 99.3 Å². The number of rotatable bonds is 32. The van der Waals surface area contributed by atoms with E-state index in [2.05, 4.69) is 21.3 Å². The first-order chi connectivity index (χ1) is 45.4. The summed E-state index contributed by atoms with van der Waals surface area (Å²) >= 11 is 0. The summed E-state index contributed by atoms with van der Waals surface area (Å²) in [5.74, 6) is -5.10. The van der Waals surface area contributed by atoms with E-state index in [0.717, 1.165) is 44.5 Å². The van der Waals surface area contributed by atoms with Crippen LogP contribution >= 0.6 is 0 Å². The third-order valence-electron chi connectivity index (χ3n) is 14.3. The lowest BCUT2D eigenvalue weighted by molar-refractivity contribution is -0.177. The number of hydrogen-bond donors (Lipinski definition) is 7. The van der Waals surface area contributed by atoms with Gasteiger partial charge < -0.3 is 69.4 Å². The average Bonchev–Trinajstić information content (AvgIpc) is 1.62.